The van der Waals surface area contributed by atoms with Gasteiger partial charge >= 0.3 is 0 Å². The Morgan fingerprint density at radius 2 is 2.08 bits per heavy atom. The minimum Gasteiger partial charge on any atom is -0.356 e. The Balaban J connectivity index is 2.64. The first-order valence-electron chi connectivity index (χ1n) is 4.67. The number of para-hydroxylation sites is 1. The van der Waals surface area contributed by atoms with Crippen LogP contribution in [0.25, 0.3) is 10.9 Å². The number of quaternary nitrogens is 1. The van der Waals surface area contributed by atoms with Crippen LogP contribution in [0.5, 0.6) is 0 Å². The number of hydrogen-bond acceptors (Lipinski definition) is 0. The first kappa shape index (κ1) is 8.32. The summed E-state index contributed by atoms with van der Waals surface area (Å²) in [5.41, 5.74) is 6.53. The van der Waals surface area contributed by atoms with Crippen LogP contribution >= 0.6 is 0 Å². The van der Waals surface area contributed by atoms with E-state index in [1.54, 1.807) is 0 Å². The third kappa shape index (κ3) is 1.33. The summed E-state index contributed by atoms with van der Waals surface area (Å²) in [5.74, 6) is 0. The molecule has 68 valence electrons. The zero-order chi connectivity index (χ0) is 9.26. The summed E-state index contributed by atoms with van der Waals surface area (Å²) in [5, 5.41) is 1.33. The van der Waals surface area contributed by atoms with Crippen LogP contribution in [0.15, 0.2) is 30.3 Å². The Kier molecular flexibility index (Phi) is 2.07. The lowest BCUT2D eigenvalue weighted by Crippen LogP contribution is -2.52. The maximum absolute atomic E-state index is 3.89. The molecule has 0 aliphatic rings. The second-order valence-electron chi connectivity index (χ2n) is 3.35. The second-order valence-corrected chi connectivity index (χ2v) is 3.35. The Labute approximate surface area is 78.0 Å². The van der Waals surface area contributed by atoms with Gasteiger partial charge < -0.3 is 10.3 Å². The van der Waals surface area contributed by atoms with Crippen molar-refractivity contribution in [3.63, 3.8) is 0 Å². The van der Waals surface area contributed by atoms with Gasteiger partial charge in [-0.25, -0.2) is 0 Å². The predicted octanol–water partition coefficient (Wildman–Crippen LogP) is 1.19. The first-order chi connectivity index (χ1) is 6.33. The summed E-state index contributed by atoms with van der Waals surface area (Å²) >= 11 is 0. The van der Waals surface area contributed by atoms with Gasteiger partial charge in [0.25, 0.3) is 0 Å². The van der Waals surface area contributed by atoms with Crippen LogP contribution < -0.4 is 5.73 Å². The molecule has 0 radical (unpaired) electrons. The quantitative estimate of drug-likeness (QED) is 0.711. The molecule has 0 aliphatic carbocycles. The molecular weight excluding hydrogens is 160 g/mol. The van der Waals surface area contributed by atoms with E-state index in [1.165, 1.54) is 16.6 Å². The second kappa shape index (κ2) is 3.23. The molecule has 0 atom stereocenters. The number of benzene rings is 1. The molecule has 2 nitrogen and oxygen atoms in total. The molecule has 0 spiro atoms. The molecule has 0 unspecified atom stereocenters. The lowest BCUT2D eigenvalue weighted by molar-refractivity contribution is -0.369. The zero-order valence-corrected chi connectivity index (χ0v) is 7.96. The maximum Gasteiger partial charge on any atom is 0.0922 e. The fourth-order valence-electron chi connectivity index (χ4n) is 1.80. The Morgan fingerprint density at radius 1 is 1.31 bits per heavy atom. The van der Waals surface area contributed by atoms with Crippen LogP contribution in [0.2, 0.25) is 0 Å². The van der Waals surface area contributed by atoms with Gasteiger partial charge in [0.15, 0.2) is 0 Å². The number of hydrogen-bond donors (Lipinski definition) is 1. The summed E-state index contributed by atoms with van der Waals surface area (Å²) < 4.78 is 2.32. The SMILES string of the molecule is Cc1cc2ccccc2n1CC[NH3+]. The van der Waals surface area contributed by atoms with E-state index >= 15 is 0 Å². The maximum atomic E-state index is 3.89. The number of aromatic nitrogens is 1. The van der Waals surface area contributed by atoms with E-state index in [2.05, 4.69) is 47.6 Å². The number of aryl methyl sites for hydroxylation is 1. The molecule has 0 bridgehead atoms. The Hall–Kier alpha value is -1.28. The Morgan fingerprint density at radius 3 is 2.85 bits per heavy atom. The minimum atomic E-state index is 0.944. The molecule has 3 N–H and O–H groups in total. The van der Waals surface area contributed by atoms with Gasteiger partial charge in [0.2, 0.25) is 0 Å². The number of fused-ring (bicyclic) bond motifs is 1. The van der Waals surface area contributed by atoms with Gasteiger partial charge in [-0.1, -0.05) is 18.2 Å². The van der Waals surface area contributed by atoms with E-state index in [1.807, 2.05) is 0 Å². The van der Waals surface area contributed by atoms with E-state index < -0.39 is 0 Å². The summed E-state index contributed by atoms with van der Waals surface area (Å²) in [6, 6.07) is 10.7. The topological polar surface area (TPSA) is 32.6 Å². The van der Waals surface area contributed by atoms with Crippen LogP contribution in [-0.2, 0) is 6.54 Å². The summed E-state index contributed by atoms with van der Waals surface area (Å²) in [7, 11) is 0. The van der Waals surface area contributed by atoms with Gasteiger partial charge in [-0.05, 0) is 24.4 Å². The zero-order valence-electron chi connectivity index (χ0n) is 7.96. The van der Waals surface area contributed by atoms with Crippen molar-refractivity contribution in [3.8, 4) is 0 Å². The molecule has 0 amide bonds. The molecule has 2 aromatic rings. The van der Waals surface area contributed by atoms with Crippen LogP contribution in [0.1, 0.15) is 5.69 Å². The summed E-state index contributed by atoms with van der Waals surface area (Å²) in [4.78, 5) is 0. The summed E-state index contributed by atoms with van der Waals surface area (Å²) in [6.45, 7) is 4.11. The highest BCUT2D eigenvalue weighted by Gasteiger charge is 2.03. The van der Waals surface area contributed by atoms with Gasteiger partial charge in [0.1, 0.15) is 0 Å². The highest BCUT2D eigenvalue weighted by Crippen LogP contribution is 2.18. The third-order valence-corrected chi connectivity index (χ3v) is 2.40. The molecule has 0 saturated carbocycles. The van der Waals surface area contributed by atoms with Gasteiger partial charge in [-0.2, -0.15) is 0 Å². The van der Waals surface area contributed by atoms with Crippen molar-refractivity contribution >= 4 is 10.9 Å². The van der Waals surface area contributed by atoms with E-state index in [0.717, 1.165) is 13.1 Å². The minimum absolute atomic E-state index is 0.944. The van der Waals surface area contributed by atoms with Crippen molar-refractivity contribution in [2.75, 3.05) is 6.54 Å². The average Bonchev–Trinajstić information content (AvgIpc) is 2.44. The molecule has 1 aromatic carbocycles. The van der Waals surface area contributed by atoms with Crippen LogP contribution in [0.3, 0.4) is 0 Å². The monoisotopic (exact) mass is 175 g/mol. The molecule has 1 heterocycles. The van der Waals surface area contributed by atoms with Crippen molar-refractivity contribution in [2.24, 2.45) is 0 Å². The molecular formula is C11H15N2+. The molecule has 13 heavy (non-hydrogen) atoms. The van der Waals surface area contributed by atoms with Gasteiger partial charge in [-0.3, -0.25) is 0 Å². The molecule has 1 aromatic heterocycles. The molecule has 0 fully saturated rings. The fourth-order valence-corrected chi connectivity index (χ4v) is 1.80. The number of rotatable bonds is 2. The highest BCUT2D eigenvalue weighted by atomic mass is 15.0. The normalized spacial score (nSPS) is 10.9. The smallest absolute Gasteiger partial charge is 0.0922 e. The lowest BCUT2D eigenvalue weighted by atomic mass is 10.2. The standard InChI is InChI=1S/C11H14N2/c1-9-8-10-4-2-3-5-11(10)13(9)7-6-12/h2-5,8H,6-7,12H2,1H3/p+1. The van der Waals surface area contributed by atoms with E-state index in [-0.39, 0.29) is 0 Å². The first-order valence-corrected chi connectivity index (χ1v) is 4.67. The average molecular weight is 175 g/mol. The Bertz CT molecular complexity index is 415. The van der Waals surface area contributed by atoms with Crippen molar-refractivity contribution in [3.05, 3.63) is 36.0 Å². The lowest BCUT2D eigenvalue weighted by Gasteiger charge is -2.03. The molecule has 0 aliphatic heterocycles. The van der Waals surface area contributed by atoms with E-state index in [9.17, 15) is 0 Å². The predicted molar refractivity (Wildman–Crippen MR) is 54.4 cm³/mol. The third-order valence-electron chi connectivity index (χ3n) is 2.40. The highest BCUT2D eigenvalue weighted by molar-refractivity contribution is 5.81. The van der Waals surface area contributed by atoms with Crippen LogP contribution in [-0.4, -0.2) is 11.1 Å². The van der Waals surface area contributed by atoms with Gasteiger partial charge in [0, 0.05) is 11.2 Å². The molecule has 2 heteroatoms. The van der Waals surface area contributed by atoms with Crippen molar-refractivity contribution < 1.29 is 5.73 Å². The fraction of sp³-hybridized carbons (Fsp3) is 0.273. The largest absolute Gasteiger partial charge is 0.356 e. The van der Waals surface area contributed by atoms with Crippen LogP contribution in [0.4, 0.5) is 0 Å². The molecule has 2 rings (SSSR count). The number of nitrogens with zero attached hydrogens (tertiary/aromatic N) is 1. The van der Waals surface area contributed by atoms with Crippen LogP contribution in [0, 0.1) is 6.92 Å². The molecule has 0 saturated heterocycles. The summed E-state index contributed by atoms with van der Waals surface area (Å²) in [6.07, 6.45) is 0. The van der Waals surface area contributed by atoms with Gasteiger partial charge in [-0.15, -0.1) is 0 Å². The van der Waals surface area contributed by atoms with E-state index in [0.29, 0.717) is 0 Å². The van der Waals surface area contributed by atoms with Crippen molar-refractivity contribution in [2.45, 2.75) is 13.5 Å². The van der Waals surface area contributed by atoms with Crippen molar-refractivity contribution in [1.82, 2.24) is 4.57 Å². The van der Waals surface area contributed by atoms with Crippen molar-refractivity contribution in [1.29, 1.82) is 0 Å². The van der Waals surface area contributed by atoms with E-state index in [4.69, 9.17) is 0 Å². The van der Waals surface area contributed by atoms with Gasteiger partial charge in [0.05, 0.1) is 13.1 Å².